The van der Waals surface area contributed by atoms with Crippen molar-refractivity contribution in [1.82, 2.24) is 14.8 Å². The zero-order valence-corrected chi connectivity index (χ0v) is 15.5. The number of rotatable bonds is 7. The third kappa shape index (κ3) is 4.72. The van der Waals surface area contributed by atoms with Crippen LogP contribution in [0.15, 0.2) is 42.1 Å². The van der Waals surface area contributed by atoms with Crippen LogP contribution in [0.4, 0.5) is 10.1 Å². The Balaban J connectivity index is 1.64. The highest BCUT2D eigenvalue weighted by Crippen LogP contribution is 2.33. The highest BCUT2D eigenvalue weighted by molar-refractivity contribution is 7.99. The molecule has 1 aliphatic rings. The first-order chi connectivity index (χ1) is 12.7. The van der Waals surface area contributed by atoms with E-state index in [0.29, 0.717) is 18.2 Å². The minimum absolute atomic E-state index is 0.191. The van der Waals surface area contributed by atoms with Gasteiger partial charge in [-0.3, -0.25) is 4.79 Å². The molecular weight excluding hydrogens is 351 g/mol. The largest absolute Gasteiger partial charge is 0.325 e. The van der Waals surface area contributed by atoms with Gasteiger partial charge in [-0.1, -0.05) is 43.2 Å². The molecule has 1 aromatic carbocycles. The highest BCUT2D eigenvalue weighted by Gasteiger charge is 2.23. The fourth-order valence-electron chi connectivity index (χ4n) is 3.26. The fraction of sp³-hybridized carbons (Fsp3) is 0.421. The average molecular weight is 374 g/mol. The molecule has 1 amide bonds. The minimum Gasteiger partial charge on any atom is -0.325 e. The summed E-state index contributed by atoms with van der Waals surface area (Å²) in [7, 11) is 0. The van der Waals surface area contributed by atoms with Crippen molar-refractivity contribution in [3.8, 4) is 0 Å². The number of nitrogens with zero attached hydrogens (tertiary/aromatic N) is 3. The first-order valence-corrected chi connectivity index (χ1v) is 9.88. The van der Waals surface area contributed by atoms with E-state index in [1.165, 1.54) is 43.2 Å². The summed E-state index contributed by atoms with van der Waals surface area (Å²) in [5.74, 6) is 1.05. The Labute approximate surface area is 157 Å². The van der Waals surface area contributed by atoms with Crippen molar-refractivity contribution in [2.24, 2.45) is 0 Å². The van der Waals surface area contributed by atoms with Crippen molar-refractivity contribution in [2.75, 3.05) is 11.1 Å². The van der Waals surface area contributed by atoms with Gasteiger partial charge in [0.2, 0.25) is 5.91 Å². The van der Waals surface area contributed by atoms with Gasteiger partial charge < -0.3 is 9.88 Å². The van der Waals surface area contributed by atoms with E-state index in [-0.39, 0.29) is 17.5 Å². The molecule has 0 radical (unpaired) electrons. The summed E-state index contributed by atoms with van der Waals surface area (Å²) < 4.78 is 15.3. The summed E-state index contributed by atoms with van der Waals surface area (Å²) in [6, 6.07) is 5.86. The summed E-state index contributed by atoms with van der Waals surface area (Å²) >= 11 is 1.34. The molecule has 3 rings (SSSR count). The molecule has 2 aromatic rings. The molecule has 5 nitrogen and oxygen atoms in total. The molecule has 1 fully saturated rings. The van der Waals surface area contributed by atoms with Crippen LogP contribution in [0.25, 0.3) is 0 Å². The Kier molecular flexibility index (Phi) is 6.44. The number of carbonyl (C=O) groups is 1. The zero-order chi connectivity index (χ0) is 18.4. The highest BCUT2D eigenvalue weighted by atomic mass is 32.2. The molecule has 1 N–H and O–H groups in total. The first kappa shape index (κ1) is 18.6. The lowest BCUT2D eigenvalue weighted by Gasteiger charge is -2.21. The van der Waals surface area contributed by atoms with E-state index in [1.54, 1.807) is 12.1 Å². The molecule has 1 aromatic heterocycles. The van der Waals surface area contributed by atoms with Crippen LogP contribution in [-0.2, 0) is 11.3 Å². The predicted molar refractivity (Wildman–Crippen MR) is 102 cm³/mol. The Bertz CT molecular complexity index is 771. The number of halogens is 1. The number of anilines is 1. The fourth-order valence-corrected chi connectivity index (χ4v) is 4.02. The second kappa shape index (κ2) is 8.98. The summed E-state index contributed by atoms with van der Waals surface area (Å²) in [4.78, 5) is 12.1. The topological polar surface area (TPSA) is 59.8 Å². The Morgan fingerprint density at radius 1 is 1.35 bits per heavy atom. The molecule has 1 saturated carbocycles. The lowest BCUT2D eigenvalue weighted by atomic mass is 9.89. The smallest absolute Gasteiger partial charge is 0.234 e. The van der Waals surface area contributed by atoms with Gasteiger partial charge in [0.15, 0.2) is 5.16 Å². The van der Waals surface area contributed by atoms with Gasteiger partial charge in [-0.2, -0.15) is 0 Å². The van der Waals surface area contributed by atoms with Crippen LogP contribution in [0.3, 0.4) is 0 Å². The van der Waals surface area contributed by atoms with Crippen LogP contribution in [0.1, 0.15) is 43.8 Å². The molecule has 138 valence electrons. The maximum Gasteiger partial charge on any atom is 0.234 e. The number of aromatic nitrogens is 3. The summed E-state index contributed by atoms with van der Waals surface area (Å²) in [5.41, 5.74) is 0.450. The van der Waals surface area contributed by atoms with Crippen LogP contribution in [0, 0.1) is 5.82 Å². The van der Waals surface area contributed by atoms with Crippen molar-refractivity contribution in [1.29, 1.82) is 0 Å². The SMILES string of the molecule is C=CCn1c(SCC(=O)Nc2cccc(F)c2)nnc1C1CCCCC1. The van der Waals surface area contributed by atoms with E-state index in [4.69, 9.17) is 0 Å². The van der Waals surface area contributed by atoms with Crippen molar-refractivity contribution in [2.45, 2.75) is 49.7 Å². The third-order valence-corrected chi connectivity index (χ3v) is 5.43. The quantitative estimate of drug-likeness (QED) is 0.577. The van der Waals surface area contributed by atoms with Gasteiger partial charge in [-0.05, 0) is 31.0 Å². The summed E-state index contributed by atoms with van der Waals surface area (Å²) in [6.45, 7) is 4.45. The number of benzene rings is 1. The number of allylic oxidation sites excluding steroid dienone is 1. The second-order valence-electron chi connectivity index (χ2n) is 6.42. The Morgan fingerprint density at radius 2 is 2.15 bits per heavy atom. The van der Waals surface area contributed by atoms with Crippen molar-refractivity contribution < 1.29 is 9.18 Å². The molecule has 0 bridgehead atoms. The number of hydrogen-bond donors (Lipinski definition) is 1. The maximum absolute atomic E-state index is 13.2. The van der Waals surface area contributed by atoms with Crippen molar-refractivity contribution >= 4 is 23.4 Å². The van der Waals surface area contributed by atoms with Gasteiger partial charge in [0.25, 0.3) is 0 Å². The van der Waals surface area contributed by atoms with Crippen LogP contribution >= 0.6 is 11.8 Å². The van der Waals surface area contributed by atoms with E-state index >= 15 is 0 Å². The second-order valence-corrected chi connectivity index (χ2v) is 7.36. The number of carbonyl (C=O) groups excluding carboxylic acids is 1. The van der Waals surface area contributed by atoms with Crippen molar-refractivity contribution in [3.63, 3.8) is 0 Å². The summed E-state index contributed by atoms with van der Waals surface area (Å²) in [6.07, 6.45) is 7.84. The van der Waals surface area contributed by atoms with Crippen LogP contribution in [0.2, 0.25) is 0 Å². The first-order valence-electron chi connectivity index (χ1n) is 8.89. The number of nitrogens with one attached hydrogen (secondary N) is 1. The van der Waals surface area contributed by atoms with E-state index in [9.17, 15) is 9.18 Å². The van der Waals surface area contributed by atoms with Gasteiger partial charge in [-0.15, -0.1) is 16.8 Å². The molecule has 0 atom stereocenters. The Morgan fingerprint density at radius 3 is 2.88 bits per heavy atom. The molecule has 1 heterocycles. The van der Waals surface area contributed by atoms with E-state index in [2.05, 4.69) is 26.7 Å². The van der Waals surface area contributed by atoms with E-state index in [0.717, 1.165) is 23.8 Å². The van der Waals surface area contributed by atoms with Gasteiger partial charge in [-0.25, -0.2) is 4.39 Å². The van der Waals surface area contributed by atoms with Gasteiger partial charge >= 0.3 is 0 Å². The standard InChI is InChI=1S/C19H23FN4OS/c1-2-11-24-18(14-7-4-3-5-8-14)22-23-19(24)26-13-17(25)21-16-10-6-9-15(20)12-16/h2,6,9-10,12,14H,1,3-5,7-8,11,13H2,(H,21,25). The third-order valence-electron chi connectivity index (χ3n) is 4.47. The van der Waals surface area contributed by atoms with Crippen molar-refractivity contribution in [3.05, 3.63) is 48.6 Å². The normalized spacial score (nSPS) is 15.0. The molecule has 0 saturated heterocycles. The average Bonchev–Trinajstić information content (AvgIpc) is 3.04. The lowest BCUT2D eigenvalue weighted by Crippen LogP contribution is -2.15. The van der Waals surface area contributed by atoms with Gasteiger partial charge in [0.1, 0.15) is 11.6 Å². The summed E-state index contributed by atoms with van der Waals surface area (Å²) in [5, 5.41) is 12.1. The number of thioether (sulfide) groups is 1. The molecule has 0 aliphatic heterocycles. The molecular formula is C19H23FN4OS. The van der Waals surface area contributed by atoms with E-state index < -0.39 is 0 Å². The lowest BCUT2D eigenvalue weighted by molar-refractivity contribution is -0.113. The molecule has 1 aliphatic carbocycles. The van der Waals surface area contributed by atoms with Gasteiger partial charge in [0.05, 0.1) is 5.75 Å². The monoisotopic (exact) mass is 374 g/mol. The van der Waals surface area contributed by atoms with Gasteiger partial charge in [0, 0.05) is 18.2 Å². The molecule has 26 heavy (non-hydrogen) atoms. The van der Waals surface area contributed by atoms with E-state index in [1.807, 2.05) is 6.08 Å². The van der Waals surface area contributed by atoms with Crippen LogP contribution in [-0.4, -0.2) is 26.4 Å². The van der Waals surface area contributed by atoms with Crippen LogP contribution in [0.5, 0.6) is 0 Å². The number of hydrogen-bond acceptors (Lipinski definition) is 4. The Hall–Kier alpha value is -2.15. The predicted octanol–water partition coefficient (Wildman–Crippen LogP) is 4.38. The maximum atomic E-state index is 13.2. The molecule has 0 spiro atoms. The minimum atomic E-state index is -0.377. The molecule has 0 unspecified atom stereocenters. The van der Waals surface area contributed by atoms with Crippen LogP contribution < -0.4 is 5.32 Å². The number of amides is 1. The zero-order valence-electron chi connectivity index (χ0n) is 14.7. The molecule has 7 heteroatoms.